The Labute approximate surface area is 152 Å². The first-order valence-corrected chi connectivity index (χ1v) is 9.88. The average molecular weight is 351 g/mol. The van der Waals surface area contributed by atoms with Crippen molar-refractivity contribution in [1.29, 1.82) is 0 Å². The predicted molar refractivity (Wildman–Crippen MR) is 105 cm³/mol. The van der Waals surface area contributed by atoms with Crippen LogP contribution in [0.1, 0.15) is 85.3 Å². The zero-order chi connectivity index (χ0) is 18.5. The molecule has 0 aliphatic rings. The van der Waals surface area contributed by atoms with E-state index in [9.17, 15) is 9.90 Å². The second-order valence-corrected chi connectivity index (χ2v) is 9.96. The summed E-state index contributed by atoms with van der Waals surface area (Å²) in [5.74, 6) is -0.699. The van der Waals surface area contributed by atoms with Gasteiger partial charge in [-0.05, 0) is 40.5 Å². The van der Waals surface area contributed by atoms with E-state index in [0.29, 0.717) is 0 Å². The number of thioether (sulfide) groups is 1. The van der Waals surface area contributed by atoms with Gasteiger partial charge in [0.1, 0.15) is 5.25 Å². The standard InChI is InChI=1S/C21H34O2S/c1-8-9-10-11-18(19(22)23)24-17-13-15(20(2,3)4)12-16(14-17)21(5,6)7/h12-14,18H,8-11H2,1-7H3,(H,22,23). The number of carboxylic acids is 1. The van der Waals surface area contributed by atoms with Crippen molar-refractivity contribution in [2.75, 3.05) is 0 Å². The third-order valence-corrected chi connectivity index (χ3v) is 5.49. The molecule has 3 heteroatoms. The van der Waals surface area contributed by atoms with Crippen LogP contribution in [0.15, 0.2) is 23.1 Å². The van der Waals surface area contributed by atoms with E-state index >= 15 is 0 Å². The highest BCUT2D eigenvalue weighted by Crippen LogP contribution is 2.36. The summed E-state index contributed by atoms with van der Waals surface area (Å²) in [6, 6.07) is 6.63. The van der Waals surface area contributed by atoms with Crippen molar-refractivity contribution >= 4 is 17.7 Å². The Morgan fingerprint density at radius 1 is 1.00 bits per heavy atom. The first-order valence-electron chi connectivity index (χ1n) is 9.00. The molecule has 1 aromatic carbocycles. The van der Waals surface area contributed by atoms with Gasteiger partial charge in [0.25, 0.3) is 0 Å². The highest BCUT2D eigenvalue weighted by molar-refractivity contribution is 8.00. The van der Waals surface area contributed by atoms with Crippen LogP contribution in [0.2, 0.25) is 0 Å². The number of rotatable bonds is 7. The van der Waals surface area contributed by atoms with Crippen LogP contribution < -0.4 is 0 Å². The highest BCUT2D eigenvalue weighted by atomic mass is 32.2. The van der Waals surface area contributed by atoms with Crippen molar-refractivity contribution < 1.29 is 9.90 Å². The van der Waals surface area contributed by atoms with Gasteiger partial charge in [-0.25, -0.2) is 0 Å². The third kappa shape index (κ3) is 6.51. The van der Waals surface area contributed by atoms with Crippen molar-refractivity contribution in [3.8, 4) is 0 Å². The minimum Gasteiger partial charge on any atom is -0.480 e. The minimum absolute atomic E-state index is 0.0531. The number of benzene rings is 1. The second kappa shape index (κ2) is 8.42. The van der Waals surface area contributed by atoms with Gasteiger partial charge in [0.15, 0.2) is 0 Å². The molecule has 0 saturated carbocycles. The van der Waals surface area contributed by atoms with E-state index in [1.165, 1.54) is 22.9 Å². The molecule has 0 bridgehead atoms. The second-order valence-electron chi connectivity index (χ2n) is 8.69. The summed E-state index contributed by atoms with van der Waals surface area (Å²) in [7, 11) is 0. The summed E-state index contributed by atoms with van der Waals surface area (Å²) in [5, 5.41) is 9.21. The molecule has 24 heavy (non-hydrogen) atoms. The smallest absolute Gasteiger partial charge is 0.316 e. The lowest BCUT2D eigenvalue weighted by atomic mass is 9.81. The van der Waals surface area contributed by atoms with E-state index in [0.717, 1.165) is 30.6 Å². The predicted octanol–water partition coefficient (Wildman–Crippen LogP) is 6.41. The molecule has 1 rings (SSSR count). The minimum atomic E-state index is -0.699. The summed E-state index contributed by atoms with van der Waals surface area (Å²) in [4.78, 5) is 12.7. The van der Waals surface area contributed by atoms with E-state index < -0.39 is 5.97 Å². The number of hydrogen-bond donors (Lipinski definition) is 1. The zero-order valence-corrected chi connectivity index (χ0v) is 17.2. The third-order valence-electron chi connectivity index (χ3n) is 4.26. The van der Waals surface area contributed by atoms with E-state index in [1.54, 1.807) is 0 Å². The molecule has 0 amide bonds. The fourth-order valence-corrected chi connectivity index (χ4v) is 3.61. The van der Waals surface area contributed by atoms with Crippen LogP contribution in [0.5, 0.6) is 0 Å². The first kappa shape index (κ1) is 21.1. The summed E-state index contributed by atoms with van der Waals surface area (Å²) in [6.07, 6.45) is 3.92. The van der Waals surface area contributed by atoms with Gasteiger partial charge in [0.05, 0.1) is 0 Å². The van der Waals surface area contributed by atoms with Crippen LogP contribution in [0.4, 0.5) is 0 Å². The molecule has 0 spiro atoms. The molecule has 0 aromatic heterocycles. The maximum absolute atomic E-state index is 11.6. The number of hydrogen-bond acceptors (Lipinski definition) is 2. The molecule has 0 heterocycles. The number of carbonyl (C=O) groups is 1. The molecule has 136 valence electrons. The molecule has 0 aliphatic carbocycles. The van der Waals surface area contributed by atoms with Gasteiger partial charge in [-0.1, -0.05) is 73.8 Å². The van der Waals surface area contributed by atoms with Crippen molar-refractivity contribution in [3.63, 3.8) is 0 Å². The average Bonchev–Trinajstić information content (AvgIpc) is 2.44. The highest BCUT2D eigenvalue weighted by Gasteiger charge is 2.23. The van der Waals surface area contributed by atoms with Crippen LogP contribution in [0, 0.1) is 0 Å². The topological polar surface area (TPSA) is 37.3 Å². The Bertz CT molecular complexity index is 518. The fraction of sp³-hybridized carbons (Fsp3) is 0.667. The van der Waals surface area contributed by atoms with Crippen molar-refractivity contribution in [3.05, 3.63) is 29.3 Å². The Morgan fingerprint density at radius 3 is 1.88 bits per heavy atom. The first-order chi connectivity index (χ1) is 10.9. The van der Waals surface area contributed by atoms with Crippen molar-refractivity contribution in [2.45, 2.75) is 95.1 Å². The van der Waals surface area contributed by atoms with Gasteiger partial charge >= 0.3 is 5.97 Å². The Balaban J connectivity index is 3.14. The van der Waals surface area contributed by atoms with Crippen molar-refractivity contribution in [1.82, 2.24) is 0 Å². The summed E-state index contributed by atoms with van der Waals surface area (Å²) in [6.45, 7) is 15.4. The van der Waals surface area contributed by atoms with E-state index in [-0.39, 0.29) is 16.1 Å². The largest absolute Gasteiger partial charge is 0.480 e. The number of carboxylic acid groups (broad SMARTS) is 1. The normalized spacial score (nSPS) is 13.8. The summed E-state index contributed by atoms with van der Waals surface area (Å²) in [5.41, 5.74) is 2.65. The van der Waals surface area contributed by atoms with Gasteiger partial charge in [-0.15, -0.1) is 11.8 Å². The van der Waals surface area contributed by atoms with Crippen molar-refractivity contribution in [2.24, 2.45) is 0 Å². The van der Waals surface area contributed by atoms with E-state index in [2.05, 4.69) is 66.7 Å². The molecule has 1 unspecified atom stereocenters. The number of unbranched alkanes of at least 4 members (excludes halogenated alkanes) is 2. The quantitative estimate of drug-likeness (QED) is 0.456. The molecule has 0 saturated heterocycles. The van der Waals surface area contributed by atoms with Gasteiger partial charge in [0.2, 0.25) is 0 Å². The van der Waals surface area contributed by atoms with Gasteiger partial charge in [0, 0.05) is 4.90 Å². The maximum Gasteiger partial charge on any atom is 0.316 e. The molecule has 0 radical (unpaired) electrons. The molecule has 1 N–H and O–H groups in total. The molecule has 0 fully saturated rings. The van der Waals surface area contributed by atoms with Crippen LogP contribution in [0.25, 0.3) is 0 Å². The van der Waals surface area contributed by atoms with E-state index in [1.807, 2.05) is 0 Å². The SMILES string of the molecule is CCCCCC(Sc1cc(C(C)(C)C)cc(C(C)(C)C)c1)C(=O)O. The lowest BCUT2D eigenvalue weighted by Gasteiger charge is -2.26. The lowest BCUT2D eigenvalue weighted by molar-refractivity contribution is -0.136. The molecule has 2 nitrogen and oxygen atoms in total. The maximum atomic E-state index is 11.6. The summed E-state index contributed by atoms with van der Waals surface area (Å²) >= 11 is 1.51. The Kier molecular flexibility index (Phi) is 7.40. The van der Waals surface area contributed by atoms with E-state index in [4.69, 9.17) is 0 Å². The van der Waals surface area contributed by atoms with Gasteiger partial charge in [-0.2, -0.15) is 0 Å². The van der Waals surface area contributed by atoms with Crippen LogP contribution in [0.3, 0.4) is 0 Å². The molecular formula is C21H34O2S. The Morgan fingerprint density at radius 2 is 1.50 bits per heavy atom. The molecule has 1 atom stereocenters. The van der Waals surface area contributed by atoms with Crippen LogP contribution >= 0.6 is 11.8 Å². The molecule has 0 aliphatic heterocycles. The molecular weight excluding hydrogens is 316 g/mol. The molecule has 1 aromatic rings. The fourth-order valence-electron chi connectivity index (χ4n) is 2.51. The number of aliphatic carboxylic acids is 1. The van der Waals surface area contributed by atoms with Crippen LogP contribution in [-0.2, 0) is 15.6 Å². The van der Waals surface area contributed by atoms with Gasteiger partial charge in [-0.3, -0.25) is 4.79 Å². The van der Waals surface area contributed by atoms with Crippen LogP contribution in [-0.4, -0.2) is 16.3 Å². The summed E-state index contributed by atoms with van der Waals surface area (Å²) < 4.78 is 0. The van der Waals surface area contributed by atoms with Gasteiger partial charge < -0.3 is 5.11 Å². The Hall–Kier alpha value is -0.960. The monoisotopic (exact) mass is 350 g/mol. The zero-order valence-electron chi connectivity index (χ0n) is 16.4. The lowest BCUT2D eigenvalue weighted by Crippen LogP contribution is -2.18.